The van der Waals surface area contributed by atoms with Crippen molar-refractivity contribution >= 4 is 34.8 Å². The Morgan fingerprint density at radius 2 is 1.74 bits per heavy atom. The standard InChI is InChI=1S/C24H28N4O2S/c1-4-21(29)28-14-12-24(13-15-28,19-8-6-5-7-9-19)22(30)26-27-23(31)25-20-11-10-17(2)16-18(20)3/h4-11,16H,1,12-15H2,2-3H3,(H,26,30)(H2,25,27,31). The molecule has 1 saturated heterocycles. The number of piperidine rings is 1. The number of thiocarbonyl (C=S) groups is 1. The van der Waals surface area contributed by atoms with Gasteiger partial charge in [0.1, 0.15) is 0 Å². The first kappa shape index (κ1) is 22.5. The number of nitrogens with zero attached hydrogens (tertiary/aromatic N) is 1. The SMILES string of the molecule is C=CC(=O)N1CCC(C(=O)NNC(=S)Nc2ccc(C)cc2C)(c2ccccc2)CC1. The van der Waals surface area contributed by atoms with E-state index in [9.17, 15) is 9.59 Å². The molecule has 3 rings (SSSR count). The molecule has 0 aliphatic carbocycles. The Morgan fingerprint density at radius 3 is 2.35 bits per heavy atom. The van der Waals surface area contributed by atoms with E-state index < -0.39 is 5.41 Å². The van der Waals surface area contributed by atoms with Gasteiger partial charge in [-0.3, -0.25) is 20.4 Å². The molecule has 1 fully saturated rings. The Bertz CT molecular complexity index is 982. The van der Waals surface area contributed by atoms with E-state index in [0.29, 0.717) is 31.0 Å². The van der Waals surface area contributed by atoms with Gasteiger partial charge in [-0.1, -0.05) is 54.6 Å². The molecule has 0 aromatic heterocycles. The minimum Gasteiger partial charge on any atom is -0.339 e. The van der Waals surface area contributed by atoms with Crippen LogP contribution in [0, 0.1) is 13.8 Å². The number of likely N-dealkylation sites (tertiary alicyclic amines) is 1. The summed E-state index contributed by atoms with van der Waals surface area (Å²) < 4.78 is 0. The largest absolute Gasteiger partial charge is 0.339 e. The second-order valence-electron chi connectivity index (χ2n) is 7.83. The van der Waals surface area contributed by atoms with Crippen LogP contribution in [0.4, 0.5) is 5.69 Å². The number of hydrazine groups is 1. The molecule has 0 unspecified atom stereocenters. The van der Waals surface area contributed by atoms with Crippen LogP contribution in [0.5, 0.6) is 0 Å². The predicted octanol–water partition coefficient (Wildman–Crippen LogP) is 3.37. The highest BCUT2D eigenvalue weighted by atomic mass is 32.1. The van der Waals surface area contributed by atoms with Crippen molar-refractivity contribution in [2.75, 3.05) is 18.4 Å². The van der Waals surface area contributed by atoms with E-state index in [0.717, 1.165) is 16.8 Å². The van der Waals surface area contributed by atoms with Crippen LogP contribution in [0.2, 0.25) is 0 Å². The number of rotatable bonds is 4. The van der Waals surface area contributed by atoms with Gasteiger partial charge in [0.05, 0.1) is 5.41 Å². The normalized spacial score (nSPS) is 15.0. The minimum absolute atomic E-state index is 0.112. The van der Waals surface area contributed by atoms with Crippen molar-refractivity contribution in [1.29, 1.82) is 0 Å². The molecule has 2 amide bonds. The third-order valence-electron chi connectivity index (χ3n) is 5.78. The molecule has 7 heteroatoms. The monoisotopic (exact) mass is 436 g/mol. The lowest BCUT2D eigenvalue weighted by Crippen LogP contribution is -2.56. The molecule has 0 radical (unpaired) electrons. The van der Waals surface area contributed by atoms with Crippen LogP contribution in [-0.2, 0) is 15.0 Å². The number of benzene rings is 2. The van der Waals surface area contributed by atoms with Crippen LogP contribution in [-0.4, -0.2) is 34.9 Å². The molecule has 2 aromatic rings. The number of amides is 2. The van der Waals surface area contributed by atoms with E-state index in [-0.39, 0.29) is 11.8 Å². The molecule has 6 nitrogen and oxygen atoms in total. The Labute approximate surface area is 188 Å². The molecule has 1 aliphatic heterocycles. The summed E-state index contributed by atoms with van der Waals surface area (Å²) in [7, 11) is 0. The number of nitrogens with one attached hydrogen (secondary N) is 3. The number of anilines is 1. The summed E-state index contributed by atoms with van der Waals surface area (Å²) >= 11 is 5.37. The highest BCUT2D eigenvalue weighted by molar-refractivity contribution is 7.80. The van der Waals surface area contributed by atoms with Crippen LogP contribution in [0.15, 0.2) is 61.2 Å². The van der Waals surface area contributed by atoms with Gasteiger partial charge in [0.2, 0.25) is 11.8 Å². The zero-order valence-corrected chi connectivity index (χ0v) is 18.7. The Balaban J connectivity index is 1.70. The van der Waals surface area contributed by atoms with Crippen LogP contribution in [0.3, 0.4) is 0 Å². The number of hydrogen-bond donors (Lipinski definition) is 3. The highest BCUT2D eigenvalue weighted by Crippen LogP contribution is 2.36. The maximum absolute atomic E-state index is 13.4. The molecular weight excluding hydrogens is 408 g/mol. The maximum atomic E-state index is 13.4. The Hall–Kier alpha value is -3.19. The van der Waals surface area contributed by atoms with Crippen LogP contribution in [0.1, 0.15) is 29.5 Å². The van der Waals surface area contributed by atoms with Crippen molar-refractivity contribution in [2.24, 2.45) is 0 Å². The lowest BCUT2D eigenvalue weighted by molar-refractivity contribution is -0.134. The Morgan fingerprint density at radius 1 is 1.06 bits per heavy atom. The third kappa shape index (κ3) is 5.11. The average molecular weight is 437 g/mol. The molecule has 0 bridgehead atoms. The third-order valence-corrected chi connectivity index (χ3v) is 5.99. The predicted molar refractivity (Wildman–Crippen MR) is 128 cm³/mol. The van der Waals surface area contributed by atoms with E-state index in [1.165, 1.54) is 11.6 Å². The van der Waals surface area contributed by atoms with Gasteiger partial charge in [0, 0.05) is 18.8 Å². The van der Waals surface area contributed by atoms with E-state index >= 15 is 0 Å². The maximum Gasteiger partial charge on any atom is 0.249 e. The second-order valence-corrected chi connectivity index (χ2v) is 8.24. The zero-order valence-electron chi connectivity index (χ0n) is 17.9. The summed E-state index contributed by atoms with van der Waals surface area (Å²) in [6.07, 6.45) is 2.34. The van der Waals surface area contributed by atoms with Gasteiger partial charge in [-0.2, -0.15) is 0 Å². The van der Waals surface area contributed by atoms with E-state index in [1.54, 1.807) is 4.90 Å². The fourth-order valence-corrected chi connectivity index (χ4v) is 4.14. The molecule has 1 heterocycles. The Kier molecular flexibility index (Phi) is 7.07. The zero-order chi connectivity index (χ0) is 22.4. The average Bonchev–Trinajstić information content (AvgIpc) is 2.79. The fraction of sp³-hybridized carbons (Fsp3) is 0.292. The smallest absolute Gasteiger partial charge is 0.249 e. The molecular formula is C24H28N4O2S. The summed E-state index contributed by atoms with van der Waals surface area (Å²) in [6.45, 7) is 8.56. The number of carbonyl (C=O) groups excluding carboxylic acids is 2. The topological polar surface area (TPSA) is 73.5 Å². The van der Waals surface area contributed by atoms with Crippen LogP contribution >= 0.6 is 12.2 Å². The molecule has 1 aliphatic rings. The molecule has 0 atom stereocenters. The van der Waals surface area contributed by atoms with Gasteiger partial charge in [0.25, 0.3) is 0 Å². The molecule has 0 saturated carbocycles. The van der Waals surface area contributed by atoms with Crippen molar-refractivity contribution in [3.05, 3.63) is 77.9 Å². The summed E-state index contributed by atoms with van der Waals surface area (Å²) in [5, 5.41) is 3.43. The first-order valence-electron chi connectivity index (χ1n) is 10.3. The van der Waals surface area contributed by atoms with Crippen LogP contribution in [0.25, 0.3) is 0 Å². The van der Waals surface area contributed by atoms with E-state index in [1.807, 2.05) is 56.3 Å². The molecule has 0 spiro atoms. The van der Waals surface area contributed by atoms with Gasteiger partial charge >= 0.3 is 0 Å². The second kappa shape index (κ2) is 9.75. The summed E-state index contributed by atoms with van der Waals surface area (Å²) in [4.78, 5) is 27.1. The number of hydrogen-bond acceptors (Lipinski definition) is 3. The van der Waals surface area contributed by atoms with Gasteiger partial charge in [-0.05, 0) is 62.2 Å². The van der Waals surface area contributed by atoms with Gasteiger partial charge in [0.15, 0.2) is 5.11 Å². The van der Waals surface area contributed by atoms with Crippen LogP contribution < -0.4 is 16.2 Å². The number of carbonyl (C=O) groups is 2. The molecule has 3 N–H and O–H groups in total. The summed E-state index contributed by atoms with van der Waals surface area (Å²) in [5.41, 5.74) is 8.91. The van der Waals surface area contributed by atoms with Crippen molar-refractivity contribution in [1.82, 2.24) is 15.8 Å². The molecule has 162 valence electrons. The summed E-state index contributed by atoms with van der Waals surface area (Å²) in [5.74, 6) is -0.284. The lowest BCUT2D eigenvalue weighted by atomic mass is 9.72. The first-order chi connectivity index (χ1) is 14.9. The van der Waals surface area contributed by atoms with Gasteiger partial charge in [-0.25, -0.2) is 0 Å². The quantitative estimate of drug-likeness (QED) is 0.389. The first-order valence-corrected chi connectivity index (χ1v) is 10.7. The van der Waals surface area contributed by atoms with Crippen molar-refractivity contribution in [3.8, 4) is 0 Å². The van der Waals surface area contributed by atoms with E-state index in [4.69, 9.17) is 12.2 Å². The fourth-order valence-electron chi connectivity index (χ4n) is 3.98. The van der Waals surface area contributed by atoms with E-state index in [2.05, 4.69) is 28.8 Å². The molecule has 31 heavy (non-hydrogen) atoms. The van der Waals surface area contributed by atoms with Gasteiger partial charge < -0.3 is 10.2 Å². The number of aryl methyl sites for hydroxylation is 2. The van der Waals surface area contributed by atoms with Crippen molar-refractivity contribution in [3.63, 3.8) is 0 Å². The van der Waals surface area contributed by atoms with Crippen molar-refractivity contribution in [2.45, 2.75) is 32.1 Å². The lowest BCUT2D eigenvalue weighted by Gasteiger charge is -2.40. The minimum atomic E-state index is -0.748. The van der Waals surface area contributed by atoms with Gasteiger partial charge in [-0.15, -0.1) is 0 Å². The molecule has 2 aromatic carbocycles. The van der Waals surface area contributed by atoms with Crippen molar-refractivity contribution < 1.29 is 9.59 Å². The highest BCUT2D eigenvalue weighted by Gasteiger charge is 2.43. The summed E-state index contributed by atoms with van der Waals surface area (Å²) in [6, 6.07) is 15.7.